The van der Waals surface area contributed by atoms with E-state index in [9.17, 15) is 18.0 Å². The van der Waals surface area contributed by atoms with Gasteiger partial charge in [0.25, 0.3) is 0 Å². The number of nitrogens with zero attached hydrogens (tertiary/aromatic N) is 3. The van der Waals surface area contributed by atoms with Crippen molar-refractivity contribution in [2.45, 2.75) is 24.3 Å². The average Bonchev–Trinajstić information content (AvgIpc) is 3.18. The van der Waals surface area contributed by atoms with E-state index >= 15 is 0 Å². The number of urea groups is 1. The van der Waals surface area contributed by atoms with Crippen molar-refractivity contribution in [2.75, 3.05) is 45.9 Å². The molecular formula is C28H31Cl3N4O5S. The fourth-order valence-corrected chi connectivity index (χ4v) is 6.80. The first kappa shape index (κ1) is 31.3. The molecule has 1 saturated heterocycles. The van der Waals surface area contributed by atoms with Crippen LogP contribution in [0.25, 0.3) is 0 Å². The summed E-state index contributed by atoms with van der Waals surface area (Å²) in [6.07, 6.45) is 2.13. The van der Waals surface area contributed by atoms with Crippen molar-refractivity contribution < 1.29 is 22.7 Å². The van der Waals surface area contributed by atoms with E-state index in [1.807, 2.05) is 4.90 Å². The van der Waals surface area contributed by atoms with Gasteiger partial charge in [-0.1, -0.05) is 46.9 Å². The van der Waals surface area contributed by atoms with E-state index < -0.39 is 28.1 Å². The molecule has 13 heteroatoms. The normalized spacial score (nSPS) is 19.1. The fourth-order valence-electron chi connectivity index (χ4n) is 4.90. The van der Waals surface area contributed by atoms with Crippen LogP contribution in [-0.4, -0.2) is 80.4 Å². The number of rotatable bonds is 9. The monoisotopic (exact) mass is 640 g/mol. The number of amides is 2. The maximum atomic E-state index is 13.4. The Balaban J connectivity index is 1.68. The second-order valence-electron chi connectivity index (χ2n) is 9.52. The lowest BCUT2D eigenvalue weighted by molar-refractivity contribution is -0.139. The van der Waals surface area contributed by atoms with Crippen LogP contribution in [0.1, 0.15) is 24.9 Å². The van der Waals surface area contributed by atoms with Crippen LogP contribution < -0.4 is 5.32 Å². The Morgan fingerprint density at radius 1 is 1.07 bits per heavy atom. The van der Waals surface area contributed by atoms with Gasteiger partial charge in [-0.05, 0) is 61.9 Å². The molecule has 2 heterocycles. The Morgan fingerprint density at radius 3 is 2.46 bits per heavy atom. The highest BCUT2D eigenvalue weighted by molar-refractivity contribution is 7.89. The SMILES string of the molecule is C=CCN1C(=O)NC(c2ccc(Cl)c(Cl)c2)C(C(=O)OCC)=C1CN1CCCN(S(=O)(=O)c2ccc(Cl)cc2)CC1. The topological polar surface area (TPSA) is 99.3 Å². The average molecular weight is 642 g/mol. The van der Waals surface area contributed by atoms with Gasteiger partial charge in [0.15, 0.2) is 0 Å². The number of hydrogen-bond donors (Lipinski definition) is 1. The van der Waals surface area contributed by atoms with Crippen LogP contribution >= 0.6 is 34.8 Å². The third-order valence-electron chi connectivity index (χ3n) is 6.89. The first-order valence-corrected chi connectivity index (χ1v) is 15.7. The molecule has 2 aliphatic rings. The zero-order valence-corrected chi connectivity index (χ0v) is 25.6. The summed E-state index contributed by atoms with van der Waals surface area (Å²) >= 11 is 18.3. The summed E-state index contributed by atoms with van der Waals surface area (Å²) in [6.45, 7) is 7.48. The van der Waals surface area contributed by atoms with Gasteiger partial charge >= 0.3 is 12.0 Å². The molecule has 0 aromatic heterocycles. The number of carbonyl (C=O) groups excluding carboxylic acids is 2. The van der Waals surface area contributed by atoms with Crippen molar-refractivity contribution >= 4 is 56.8 Å². The van der Waals surface area contributed by atoms with Crippen molar-refractivity contribution in [3.05, 3.63) is 87.0 Å². The molecule has 2 amide bonds. The summed E-state index contributed by atoms with van der Waals surface area (Å²) in [5.41, 5.74) is 1.29. The standard InChI is InChI=1S/C28H31Cl3N4O5S/c1-3-12-35-24(18-33-13-5-14-34(16-15-33)41(38,39)21-9-7-20(29)8-10-21)25(27(36)40-4-2)26(32-28(35)37)19-6-11-22(30)23(31)17-19/h3,6-11,17,26H,1,4-5,12-16,18H2,2H3,(H,32,37). The molecular weight excluding hydrogens is 611 g/mol. The predicted molar refractivity (Wildman–Crippen MR) is 160 cm³/mol. The van der Waals surface area contributed by atoms with Crippen molar-refractivity contribution in [3.8, 4) is 0 Å². The van der Waals surface area contributed by atoms with Gasteiger partial charge in [-0.25, -0.2) is 18.0 Å². The summed E-state index contributed by atoms with van der Waals surface area (Å²) < 4.78 is 33.5. The van der Waals surface area contributed by atoms with Crippen LogP contribution in [0.3, 0.4) is 0 Å². The van der Waals surface area contributed by atoms with Crippen LogP contribution in [0, 0.1) is 0 Å². The van der Waals surface area contributed by atoms with Crippen LogP contribution in [0.15, 0.2) is 71.3 Å². The smallest absolute Gasteiger partial charge is 0.338 e. The summed E-state index contributed by atoms with van der Waals surface area (Å²) in [6, 6.07) is 9.76. The maximum Gasteiger partial charge on any atom is 0.338 e. The Bertz CT molecular complexity index is 1450. The molecule has 9 nitrogen and oxygen atoms in total. The Hall–Kier alpha value is -2.60. The zero-order valence-electron chi connectivity index (χ0n) is 22.5. The van der Waals surface area contributed by atoms with Gasteiger partial charge in [0.1, 0.15) is 0 Å². The van der Waals surface area contributed by atoms with Gasteiger partial charge in [-0.2, -0.15) is 4.31 Å². The molecule has 0 radical (unpaired) electrons. The Morgan fingerprint density at radius 2 is 1.80 bits per heavy atom. The highest BCUT2D eigenvalue weighted by atomic mass is 35.5. The van der Waals surface area contributed by atoms with Gasteiger partial charge < -0.3 is 10.1 Å². The number of nitrogens with one attached hydrogen (secondary N) is 1. The lowest BCUT2D eigenvalue weighted by atomic mass is 9.94. The molecule has 0 bridgehead atoms. The second kappa shape index (κ2) is 13.6. The van der Waals surface area contributed by atoms with Gasteiger partial charge in [-0.15, -0.1) is 6.58 Å². The Kier molecular flexibility index (Phi) is 10.4. The summed E-state index contributed by atoms with van der Waals surface area (Å²) in [5.74, 6) is -0.575. The first-order valence-electron chi connectivity index (χ1n) is 13.1. The van der Waals surface area contributed by atoms with Crippen LogP contribution in [-0.2, 0) is 19.6 Å². The van der Waals surface area contributed by atoms with Crippen molar-refractivity contribution in [1.29, 1.82) is 0 Å². The number of hydrogen-bond acceptors (Lipinski definition) is 6. The maximum absolute atomic E-state index is 13.4. The molecule has 0 saturated carbocycles. The van der Waals surface area contributed by atoms with E-state index in [2.05, 4.69) is 11.9 Å². The lowest BCUT2D eigenvalue weighted by Gasteiger charge is -2.38. The molecule has 2 aromatic rings. The molecule has 1 N–H and O–H groups in total. The van der Waals surface area contributed by atoms with Crippen molar-refractivity contribution in [2.24, 2.45) is 0 Å². The largest absolute Gasteiger partial charge is 0.463 e. The molecule has 2 aliphatic heterocycles. The van der Waals surface area contributed by atoms with Crippen LogP contribution in [0.4, 0.5) is 4.79 Å². The predicted octanol–water partition coefficient (Wildman–Crippen LogP) is 5.11. The minimum Gasteiger partial charge on any atom is -0.463 e. The minimum atomic E-state index is -3.72. The molecule has 4 rings (SSSR count). The van der Waals surface area contributed by atoms with E-state index in [4.69, 9.17) is 39.5 Å². The first-order chi connectivity index (χ1) is 19.6. The highest BCUT2D eigenvalue weighted by Gasteiger charge is 2.39. The van der Waals surface area contributed by atoms with E-state index in [0.717, 1.165) is 0 Å². The lowest BCUT2D eigenvalue weighted by Crippen LogP contribution is -2.51. The molecule has 220 valence electrons. The minimum absolute atomic E-state index is 0.139. The summed E-state index contributed by atoms with van der Waals surface area (Å²) in [4.78, 5) is 30.4. The number of halogens is 3. The summed E-state index contributed by atoms with van der Waals surface area (Å²) in [5, 5.41) is 3.98. The molecule has 1 atom stereocenters. The van der Waals surface area contributed by atoms with E-state index in [1.54, 1.807) is 43.3 Å². The third kappa shape index (κ3) is 7.07. The molecule has 41 heavy (non-hydrogen) atoms. The quantitative estimate of drug-likeness (QED) is 0.302. The number of benzene rings is 2. The van der Waals surface area contributed by atoms with Gasteiger partial charge in [0, 0.05) is 43.4 Å². The number of carbonyl (C=O) groups is 2. The molecule has 2 aromatic carbocycles. The molecule has 1 fully saturated rings. The fraction of sp³-hybridized carbons (Fsp3) is 0.357. The van der Waals surface area contributed by atoms with Gasteiger partial charge in [-0.3, -0.25) is 9.80 Å². The summed E-state index contributed by atoms with van der Waals surface area (Å²) in [7, 11) is -3.72. The van der Waals surface area contributed by atoms with E-state index in [-0.39, 0.29) is 41.7 Å². The third-order valence-corrected chi connectivity index (χ3v) is 9.80. The van der Waals surface area contributed by atoms with Crippen molar-refractivity contribution in [3.63, 3.8) is 0 Å². The number of sulfonamides is 1. The molecule has 0 spiro atoms. The second-order valence-corrected chi connectivity index (χ2v) is 12.7. The number of esters is 1. The van der Waals surface area contributed by atoms with Gasteiger partial charge in [0.05, 0.1) is 33.2 Å². The van der Waals surface area contributed by atoms with Crippen LogP contribution in [0.2, 0.25) is 15.1 Å². The van der Waals surface area contributed by atoms with E-state index in [0.29, 0.717) is 47.4 Å². The molecule has 0 aliphatic carbocycles. The van der Waals surface area contributed by atoms with Crippen molar-refractivity contribution in [1.82, 2.24) is 19.4 Å². The van der Waals surface area contributed by atoms with Gasteiger partial charge in [0.2, 0.25) is 10.0 Å². The highest BCUT2D eigenvalue weighted by Crippen LogP contribution is 2.35. The van der Waals surface area contributed by atoms with E-state index in [1.165, 1.54) is 21.3 Å². The number of ether oxygens (including phenoxy) is 1. The molecule has 1 unspecified atom stereocenters. The Labute approximate surface area is 255 Å². The van der Waals surface area contributed by atoms with Crippen LogP contribution in [0.5, 0.6) is 0 Å². The zero-order chi connectivity index (χ0) is 29.7.